The van der Waals surface area contributed by atoms with Crippen LogP contribution in [0.2, 0.25) is 0 Å². The Kier molecular flexibility index (Phi) is 8.21. The molecule has 0 heterocycles. The van der Waals surface area contributed by atoms with Crippen LogP contribution in [0.5, 0.6) is 5.75 Å². The van der Waals surface area contributed by atoms with Crippen molar-refractivity contribution in [2.75, 3.05) is 33.4 Å². The Balaban J connectivity index is 2.14. The molecule has 0 saturated heterocycles. The summed E-state index contributed by atoms with van der Waals surface area (Å²) in [4.78, 5) is 0. The number of ether oxygens (including phenoxy) is 2. The van der Waals surface area contributed by atoms with Gasteiger partial charge in [0.05, 0.1) is 13.2 Å². The number of benzene rings is 1. The van der Waals surface area contributed by atoms with E-state index in [0.717, 1.165) is 43.9 Å². The minimum Gasteiger partial charge on any atom is -0.497 e. The molecular formula is C15H25NO3. The second kappa shape index (κ2) is 9.78. The lowest BCUT2D eigenvalue weighted by atomic mass is 10.1. The average molecular weight is 267 g/mol. The summed E-state index contributed by atoms with van der Waals surface area (Å²) in [7, 11) is 1.63. The van der Waals surface area contributed by atoms with E-state index in [-0.39, 0.29) is 0 Å². The molecule has 1 aromatic rings. The molecule has 0 amide bonds. The number of methoxy groups -OCH3 is 1. The van der Waals surface area contributed by atoms with Crippen LogP contribution in [0, 0.1) is 0 Å². The zero-order valence-corrected chi connectivity index (χ0v) is 11.9. The molecule has 4 heteroatoms. The Morgan fingerprint density at radius 1 is 1.21 bits per heavy atom. The molecule has 0 bridgehead atoms. The summed E-state index contributed by atoms with van der Waals surface area (Å²) in [5.74, 6) is 0.803. The average Bonchev–Trinajstić information content (AvgIpc) is 2.46. The van der Waals surface area contributed by atoms with Crippen molar-refractivity contribution in [1.82, 2.24) is 5.32 Å². The maximum Gasteiger partial charge on any atom is 0.118 e. The third kappa shape index (κ3) is 6.57. The standard InChI is InChI=1S/C15H25NO3/c1-3-10-19-11-4-9-16-12-15(17)13-5-7-14(18-2)8-6-13/h5-8,15-17H,3-4,9-12H2,1-2H3. The minimum absolute atomic E-state index is 0.484. The van der Waals surface area contributed by atoms with Crippen molar-refractivity contribution in [3.8, 4) is 5.75 Å². The van der Waals surface area contributed by atoms with Gasteiger partial charge in [-0.3, -0.25) is 0 Å². The molecule has 0 spiro atoms. The van der Waals surface area contributed by atoms with E-state index in [9.17, 15) is 5.11 Å². The molecule has 1 unspecified atom stereocenters. The third-order valence-electron chi connectivity index (χ3n) is 2.83. The lowest BCUT2D eigenvalue weighted by Crippen LogP contribution is -2.23. The molecule has 0 aliphatic carbocycles. The van der Waals surface area contributed by atoms with Crippen LogP contribution in [0.3, 0.4) is 0 Å². The highest BCUT2D eigenvalue weighted by Crippen LogP contribution is 2.16. The highest BCUT2D eigenvalue weighted by Gasteiger charge is 2.06. The first-order valence-electron chi connectivity index (χ1n) is 6.88. The molecule has 1 aromatic carbocycles. The van der Waals surface area contributed by atoms with Crippen molar-refractivity contribution < 1.29 is 14.6 Å². The lowest BCUT2D eigenvalue weighted by molar-refractivity contribution is 0.129. The summed E-state index contributed by atoms with van der Waals surface area (Å²) in [6.45, 7) is 5.12. The van der Waals surface area contributed by atoms with E-state index in [1.54, 1.807) is 7.11 Å². The van der Waals surface area contributed by atoms with E-state index in [0.29, 0.717) is 6.54 Å². The van der Waals surface area contributed by atoms with Crippen LogP contribution in [-0.4, -0.2) is 38.5 Å². The number of rotatable bonds is 10. The van der Waals surface area contributed by atoms with E-state index >= 15 is 0 Å². The first kappa shape index (κ1) is 16.0. The summed E-state index contributed by atoms with van der Waals surface area (Å²) in [6.07, 6.45) is 1.54. The van der Waals surface area contributed by atoms with E-state index in [1.807, 2.05) is 24.3 Å². The van der Waals surface area contributed by atoms with E-state index in [2.05, 4.69) is 12.2 Å². The molecule has 108 valence electrons. The monoisotopic (exact) mass is 267 g/mol. The van der Waals surface area contributed by atoms with Gasteiger partial charge in [0.1, 0.15) is 5.75 Å². The van der Waals surface area contributed by atoms with Gasteiger partial charge in [-0.25, -0.2) is 0 Å². The molecule has 1 rings (SSSR count). The maximum absolute atomic E-state index is 9.99. The second-order valence-electron chi connectivity index (χ2n) is 4.46. The van der Waals surface area contributed by atoms with E-state index in [4.69, 9.17) is 9.47 Å². The zero-order chi connectivity index (χ0) is 13.9. The smallest absolute Gasteiger partial charge is 0.118 e. The molecule has 4 nitrogen and oxygen atoms in total. The van der Waals surface area contributed by atoms with Crippen molar-refractivity contribution in [1.29, 1.82) is 0 Å². The van der Waals surface area contributed by atoms with Crippen LogP contribution in [0.4, 0.5) is 0 Å². The van der Waals surface area contributed by atoms with E-state index in [1.165, 1.54) is 0 Å². The van der Waals surface area contributed by atoms with Gasteiger partial charge in [0, 0.05) is 19.8 Å². The fraction of sp³-hybridized carbons (Fsp3) is 0.600. The molecule has 1 atom stereocenters. The highest BCUT2D eigenvalue weighted by molar-refractivity contribution is 5.28. The number of aliphatic hydroxyl groups is 1. The van der Waals surface area contributed by atoms with Crippen molar-refractivity contribution in [2.24, 2.45) is 0 Å². The Labute approximate surface area is 115 Å². The fourth-order valence-electron chi connectivity index (χ4n) is 1.73. The number of hydrogen-bond donors (Lipinski definition) is 2. The molecule has 0 aliphatic rings. The number of aliphatic hydroxyl groups excluding tert-OH is 1. The fourth-order valence-corrected chi connectivity index (χ4v) is 1.73. The van der Waals surface area contributed by atoms with Crippen LogP contribution in [0.15, 0.2) is 24.3 Å². The highest BCUT2D eigenvalue weighted by atomic mass is 16.5. The van der Waals surface area contributed by atoms with Gasteiger partial charge >= 0.3 is 0 Å². The molecule has 0 aliphatic heterocycles. The van der Waals surface area contributed by atoms with Gasteiger partial charge in [-0.05, 0) is 37.1 Å². The SMILES string of the molecule is CCCOCCCNCC(O)c1ccc(OC)cc1. The van der Waals surface area contributed by atoms with Crippen molar-refractivity contribution in [3.05, 3.63) is 29.8 Å². The van der Waals surface area contributed by atoms with Gasteiger partial charge in [-0.2, -0.15) is 0 Å². The molecule has 2 N–H and O–H groups in total. The van der Waals surface area contributed by atoms with Crippen molar-refractivity contribution in [3.63, 3.8) is 0 Å². The summed E-state index contributed by atoms with van der Waals surface area (Å²) in [6, 6.07) is 7.49. The number of hydrogen-bond acceptors (Lipinski definition) is 4. The molecule has 0 radical (unpaired) electrons. The first-order chi connectivity index (χ1) is 9.27. The van der Waals surface area contributed by atoms with Gasteiger partial charge in [0.25, 0.3) is 0 Å². The van der Waals surface area contributed by atoms with Crippen LogP contribution in [0.25, 0.3) is 0 Å². The minimum atomic E-state index is -0.484. The van der Waals surface area contributed by atoms with Crippen LogP contribution in [-0.2, 0) is 4.74 Å². The number of nitrogens with one attached hydrogen (secondary N) is 1. The summed E-state index contributed by atoms with van der Waals surface area (Å²) >= 11 is 0. The Bertz CT molecular complexity index is 327. The predicted octanol–water partition coefficient (Wildman–Crippen LogP) is 2.13. The second-order valence-corrected chi connectivity index (χ2v) is 4.46. The molecule has 0 saturated carbocycles. The van der Waals surface area contributed by atoms with Crippen molar-refractivity contribution >= 4 is 0 Å². The third-order valence-corrected chi connectivity index (χ3v) is 2.83. The predicted molar refractivity (Wildman–Crippen MR) is 76.6 cm³/mol. The molecule has 19 heavy (non-hydrogen) atoms. The largest absolute Gasteiger partial charge is 0.497 e. The van der Waals surface area contributed by atoms with Gasteiger partial charge in [0.2, 0.25) is 0 Å². The van der Waals surface area contributed by atoms with Gasteiger partial charge in [-0.15, -0.1) is 0 Å². The summed E-state index contributed by atoms with van der Waals surface area (Å²) < 4.78 is 10.5. The van der Waals surface area contributed by atoms with Crippen LogP contribution in [0.1, 0.15) is 31.4 Å². The normalized spacial score (nSPS) is 12.4. The quantitative estimate of drug-likeness (QED) is 0.638. The Morgan fingerprint density at radius 3 is 2.58 bits per heavy atom. The van der Waals surface area contributed by atoms with Gasteiger partial charge in [-0.1, -0.05) is 19.1 Å². The topological polar surface area (TPSA) is 50.7 Å². The van der Waals surface area contributed by atoms with Crippen LogP contribution < -0.4 is 10.1 Å². The molecule has 0 fully saturated rings. The summed E-state index contributed by atoms with van der Waals surface area (Å²) in [5, 5.41) is 13.2. The first-order valence-corrected chi connectivity index (χ1v) is 6.88. The lowest BCUT2D eigenvalue weighted by Gasteiger charge is -2.12. The Morgan fingerprint density at radius 2 is 1.95 bits per heavy atom. The van der Waals surface area contributed by atoms with Gasteiger partial charge < -0.3 is 19.9 Å². The Hall–Kier alpha value is -1.10. The zero-order valence-electron chi connectivity index (χ0n) is 11.9. The molecule has 0 aromatic heterocycles. The molecular weight excluding hydrogens is 242 g/mol. The van der Waals surface area contributed by atoms with Crippen LogP contribution >= 0.6 is 0 Å². The maximum atomic E-state index is 9.99. The van der Waals surface area contributed by atoms with Gasteiger partial charge in [0.15, 0.2) is 0 Å². The van der Waals surface area contributed by atoms with Crippen molar-refractivity contribution in [2.45, 2.75) is 25.9 Å². The van der Waals surface area contributed by atoms with E-state index < -0.39 is 6.10 Å². The summed E-state index contributed by atoms with van der Waals surface area (Å²) in [5.41, 5.74) is 0.899.